The van der Waals surface area contributed by atoms with Crippen LogP contribution in [0.4, 0.5) is 0 Å². The highest BCUT2D eigenvalue weighted by Gasteiger charge is 2.48. The monoisotopic (exact) mass is 224 g/mol. The highest BCUT2D eigenvalue weighted by molar-refractivity contribution is 5.87. The second-order valence-electron chi connectivity index (χ2n) is 6.09. The van der Waals surface area contributed by atoms with Gasteiger partial charge in [-0.15, -0.1) is 0 Å². The van der Waals surface area contributed by atoms with Crippen LogP contribution in [-0.4, -0.2) is 47.9 Å². The van der Waals surface area contributed by atoms with Crippen LogP contribution in [0.5, 0.6) is 0 Å². The predicted octanol–water partition coefficient (Wildman–Crippen LogP) is 1.73. The molecule has 2 heterocycles. The van der Waals surface area contributed by atoms with Gasteiger partial charge in [-0.2, -0.15) is 0 Å². The van der Waals surface area contributed by atoms with Gasteiger partial charge in [0.05, 0.1) is 5.54 Å². The Bertz CT molecular complexity index is 304. The van der Waals surface area contributed by atoms with Gasteiger partial charge in [0.1, 0.15) is 0 Å². The maximum absolute atomic E-state index is 12.4. The highest BCUT2D eigenvalue weighted by atomic mass is 16.2. The van der Waals surface area contributed by atoms with Crippen LogP contribution in [0.3, 0.4) is 0 Å². The number of rotatable bonds is 2. The SMILES string of the molecule is CC[C@@]1(C)CCN(C(=O)C2(C)CCN2C)C1. The average molecular weight is 224 g/mol. The second kappa shape index (κ2) is 3.73. The van der Waals surface area contributed by atoms with E-state index < -0.39 is 0 Å². The van der Waals surface area contributed by atoms with E-state index in [1.807, 2.05) is 0 Å². The van der Waals surface area contributed by atoms with Gasteiger partial charge in [0.25, 0.3) is 0 Å². The summed E-state index contributed by atoms with van der Waals surface area (Å²) in [5.41, 5.74) is 0.146. The molecule has 0 aromatic carbocycles. The molecule has 0 N–H and O–H groups in total. The Morgan fingerprint density at radius 1 is 1.25 bits per heavy atom. The molecule has 2 saturated heterocycles. The zero-order valence-electron chi connectivity index (χ0n) is 11.0. The van der Waals surface area contributed by atoms with Crippen molar-refractivity contribution < 1.29 is 4.79 Å². The first-order chi connectivity index (χ1) is 7.41. The standard InChI is InChI=1S/C13H24N2O/c1-5-12(2)6-9-15(10-12)11(16)13(3)7-8-14(13)4/h5-10H2,1-4H3/t12-,13?/m0/s1. The van der Waals surface area contributed by atoms with E-state index in [-0.39, 0.29) is 5.54 Å². The molecule has 0 saturated carbocycles. The number of carbonyl (C=O) groups is 1. The third kappa shape index (κ3) is 1.65. The van der Waals surface area contributed by atoms with Crippen molar-refractivity contribution in [1.82, 2.24) is 9.80 Å². The van der Waals surface area contributed by atoms with Crippen LogP contribution in [0.1, 0.15) is 40.0 Å². The van der Waals surface area contributed by atoms with Crippen molar-refractivity contribution in [2.24, 2.45) is 5.41 Å². The van der Waals surface area contributed by atoms with Gasteiger partial charge in [0, 0.05) is 19.6 Å². The molecule has 0 radical (unpaired) electrons. The van der Waals surface area contributed by atoms with Gasteiger partial charge in [-0.25, -0.2) is 0 Å². The predicted molar refractivity (Wildman–Crippen MR) is 65.2 cm³/mol. The third-order valence-corrected chi connectivity index (χ3v) is 4.94. The molecule has 3 heteroatoms. The molecule has 0 bridgehead atoms. The van der Waals surface area contributed by atoms with E-state index in [2.05, 4.69) is 37.6 Å². The van der Waals surface area contributed by atoms with Gasteiger partial charge in [-0.3, -0.25) is 9.69 Å². The number of likely N-dealkylation sites (N-methyl/N-ethyl adjacent to an activating group) is 1. The summed E-state index contributed by atoms with van der Waals surface area (Å²) in [6, 6.07) is 0. The summed E-state index contributed by atoms with van der Waals surface area (Å²) in [5.74, 6) is 0.346. The first-order valence-corrected chi connectivity index (χ1v) is 6.42. The molecule has 2 rings (SSSR count). The third-order valence-electron chi connectivity index (χ3n) is 4.94. The zero-order chi connectivity index (χ0) is 12.0. The summed E-state index contributed by atoms with van der Waals surface area (Å²) < 4.78 is 0. The molecule has 2 aliphatic heterocycles. The molecule has 2 aliphatic rings. The Kier molecular flexibility index (Phi) is 2.77. The van der Waals surface area contributed by atoms with E-state index in [0.29, 0.717) is 11.3 Å². The van der Waals surface area contributed by atoms with E-state index in [1.54, 1.807) is 0 Å². The summed E-state index contributed by atoms with van der Waals surface area (Å²) in [7, 11) is 2.05. The fourth-order valence-corrected chi connectivity index (χ4v) is 2.77. The lowest BCUT2D eigenvalue weighted by Crippen LogP contribution is -2.64. The van der Waals surface area contributed by atoms with Crippen molar-refractivity contribution in [2.45, 2.75) is 45.6 Å². The zero-order valence-corrected chi connectivity index (χ0v) is 11.0. The molecule has 0 aromatic rings. The van der Waals surface area contributed by atoms with Crippen molar-refractivity contribution >= 4 is 5.91 Å². The topological polar surface area (TPSA) is 23.6 Å². The maximum atomic E-state index is 12.4. The molecule has 16 heavy (non-hydrogen) atoms. The summed E-state index contributed by atoms with van der Waals surface area (Å²) in [6.45, 7) is 9.57. The molecule has 2 atom stereocenters. The van der Waals surface area contributed by atoms with Crippen molar-refractivity contribution in [1.29, 1.82) is 0 Å². The molecule has 0 spiro atoms. The molecular formula is C13H24N2O. The first-order valence-electron chi connectivity index (χ1n) is 6.42. The van der Waals surface area contributed by atoms with Crippen molar-refractivity contribution in [3.63, 3.8) is 0 Å². The van der Waals surface area contributed by atoms with Gasteiger partial charge in [0.2, 0.25) is 5.91 Å². The van der Waals surface area contributed by atoms with Crippen LogP contribution in [-0.2, 0) is 4.79 Å². The summed E-state index contributed by atoms with van der Waals surface area (Å²) in [5, 5.41) is 0. The normalized spacial score (nSPS) is 39.9. The molecular weight excluding hydrogens is 200 g/mol. The number of nitrogens with zero attached hydrogens (tertiary/aromatic N) is 2. The first kappa shape index (κ1) is 11.9. The van der Waals surface area contributed by atoms with Crippen molar-refractivity contribution in [3.05, 3.63) is 0 Å². The van der Waals surface area contributed by atoms with Crippen LogP contribution in [0.2, 0.25) is 0 Å². The summed E-state index contributed by atoms with van der Waals surface area (Å²) >= 11 is 0. The fraction of sp³-hybridized carbons (Fsp3) is 0.923. The van der Waals surface area contributed by atoms with Crippen LogP contribution in [0.25, 0.3) is 0 Å². The van der Waals surface area contributed by atoms with Crippen molar-refractivity contribution in [3.8, 4) is 0 Å². The van der Waals surface area contributed by atoms with Gasteiger partial charge in [-0.1, -0.05) is 13.8 Å². The second-order valence-corrected chi connectivity index (χ2v) is 6.09. The highest BCUT2D eigenvalue weighted by Crippen LogP contribution is 2.37. The van der Waals surface area contributed by atoms with Crippen LogP contribution in [0.15, 0.2) is 0 Å². The number of amides is 1. The van der Waals surface area contributed by atoms with Crippen LogP contribution in [0, 0.1) is 5.41 Å². The van der Waals surface area contributed by atoms with Gasteiger partial charge in [-0.05, 0) is 38.6 Å². The van der Waals surface area contributed by atoms with Gasteiger partial charge in [0.15, 0.2) is 0 Å². The molecule has 0 aromatic heterocycles. The minimum atomic E-state index is -0.209. The molecule has 3 nitrogen and oxygen atoms in total. The van der Waals surface area contributed by atoms with E-state index in [1.165, 1.54) is 6.42 Å². The smallest absolute Gasteiger partial charge is 0.242 e. The lowest BCUT2D eigenvalue weighted by molar-refractivity contribution is -0.149. The molecule has 1 amide bonds. The number of hydrogen-bond donors (Lipinski definition) is 0. The molecule has 2 fully saturated rings. The average Bonchev–Trinajstić information content (AvgIpc) is 2.68. The van der Waals surface area contributed by atoms with Crippen LogP contribution >= 0.6 is 0 Å². The number of likely N-dealkylation sites (tertiary alicyclic amines) is 2. The Morgan fingerprint density at radius 3 is 2.31 bits per heavy atom. The van der Waals surface area contributed by atoms with E-state index in [4.69, 9.17) is 0 Å². The minimum Gasteiger partial charge on any atom is -0.341 e. The number of carbonyl (C=O) groups excluding carboxylic acids is 1. The largest absolute Gasteiger partial charge is 0.341 e. The van der Waals surface area contributed by atoms with Gasteiger partial charge < -0.3 is 4.90 Å². The molecule has 92 valence electrons. The Hall–Kier alpha value is -0.570. The summed E-state index contributed by atoms with van der Waals surface area (Å²) in [4.78, 5) is 16.7. The lowest BCUT2D eigenvalue weighted by Gasteiger charge is -2.48. The Labute approximate surface area is 98.8 Å². The Morgan fingerprint density at radius 2 is 1.94 bits per heavy atom. The van der Waals surface area contributed by atoms with E-state index >= 15 is 0 Å². The quantitative estimate of drug-likeness (QED) is 0.713. The van der Waals surface area contributed by atoms with Crippen LogP contribution < -0.4 is 0 Å². The fourth-order valence-electron chi connectivity index (χ4n) is 2.77. The minimum absolute atomic E-state index is 0.209. The van der Waals surface area contributed by atoms with Crippen molar-refractivity contribution in [2.75, 3.05) is 26.7 Å². The lowest BCUT2D eigenvalue weighted by atomic mass is 9.85. The molecule has 1 unspecified atom stereocenters. The van der Waals surface area contributed by atoms with Gasteiger partial charge >= 0.3 is 0 Å². The van der Waals surface area contributed by atoms with E-state index in [9.17, 15) is 4.79 Å². The molecule has 0 aliphatic carbocycles. The number of hydrogen-bond acceptors (Lipinski definition) is 2. The summed E-state index contributed by atoms with van der Waals surface area (Å²) in [6.07, 6.45) is 3.35. The maximum Gasteiger partial charge on any atom is 0.242 e. The Balaban J connectivity index is 2.02. The van der Waals surface area contributed by atoms with E-state index in [0.717, 1.165) is 32.5 Å².